The van der Waals surface area contributed by atoms with Crippen molar-refractivity contribution in [2.75, 3.05) is 19.3 Å². The van der Waals surface area contributed by atoms with Crippen LogP contribution in [0.5, 0.6) is 0 Å². The van der Waals surface area contributed by atoms with Crippen LogP contribution in [-0.2, 0) is 13.1 Å². The number of nitrogens with two attached hydrogens (primary N) is 1. The molecule has 1 fully saturated rings. The van der Waals surface area contributed by atoms with Gasteiger partial charge in [-0.2, -0.15) is 16.9 Å². The molecule has 0 bridgehead atoms. The number of aromatic nitrogens is 3. The van der Waals surface area contributed by atoms with Gasteiger partial charge in [-0.1, -0.05) is 12.1 Å². The van der Waals surface area contributed by atoms with Gasteiger partial charge in [-0.3, -0.25) is 4.90 Å². The Kier molecular flexibility index (Phi) is 5.46. The lowest BCUT2D eigenvalue weighted by molar-refractivity contribution is 0.201. The molecule has 0 atom stereocenters. The fourth-order valence-corrected chi connectivity index (χ4v) is 3.58. The fourth-order valence-electron chi connectivity index (χ4n) is 2.74. The van der Waals surface area contributed by atoms with Gasteiger partial charge in [-0.05, 0) is 25.5 Å². The second-order valence-electron chi connectivity index (χ2n) is 5.36. The molecular formula is C13H24N6OS. The largest absolute Gasteiger partial charge is 0.409 e. The Morgan fingerprint density at radius 3 is 2.81 bits per heavy atom. The van der Waals surface area contributed by atoms with E-state index in [2.05, 4.69) is 27.1 Å². The normalized spacial score (nSPS) is 19.8. The molecule has 2 rings (SSSR count). The van der Waals surface area contributed by atoms with Crippen molar-refractivity contribution in [1.29, 1.82) is 0 Å². The van der Waals surface area contributed by atoms with Crippen LogP contribution in [0, 0.1) is 0 Å². The monoisotopic (exact) mass is 312 g/mol. The van der Waals surface area contributed by atoms with Gasteiger partial charge < -0.3 is 10.9 Å². The van der Waals surface area contributed by atoms with Gasteiger partial charge in [0.15, 0.2) is 5.84 Å². The van der Waals surface area contributed by atoms with Crippen molar-refractivity contribution < 1.29 is 5.21 Å². The molecule has 0 radical (unpaired) electrons. The molecule has 3 N–H and O–H groups in total. The second-order valence-corrected chi connectivity index (χ2v) is 6.55. The maximum Gasteiger partial charge on any atom is 0.155 e. The zero-order chi connectivity index (χ0) is 15.3. The smallest absolute Gasteiger partial charge is 0.155 e. The number of amidine groups is 1. The molecule has 1 aliphatic heterocycles. The van der Waals surface area contributed by atoms with Crippen molar-refractivity contribution in [2.45, 2.75) is 44.0 Å². The Morgan fingerprint density at radius 1 is 1.52 bits per heavy atom. The van der Waals surface area contributed by atoms with Gasteiger partial charge >= 0.3 is 0 Å². The zero-order valence-electron chi connectivity index (χ0n) is 12.7. The lowest BCUT2D eigenvalue weighted by Crippen LogP contribution is -2.50. The van der Waals surface area contributed by atoms with Crippen LogP contribution >= 0.6 is 11.8 Å². The van der Waals surface area contributed by atoms with Gasteiger partial charge in [0.2, 0.25) is 0 Å². The van der Waals surface area contributed by atoms with Crippen molar-refractivity contribution in [3.8, 4) is 0 Å². The Balaban J connectivity index is 1.96. The third-order valence-electron chi connectivity index (χ3n) is 4.13. The van der Waals surface area contributed by atoms with Crippen LogP contribution in [-0.4, -0.2) is 54.8 Å². The van der Waals surface area contributed by atoms with Crippen molar-refractivity contribution in [1.82, 2.24) is 19.7 Å². The predicted molar refractivity (Wildman–Crippen MR) is 84.5 cm³/mol. The molecule has 0 aromatic carbocycles. The molecule has 8 heteroatoms. The quantitative estimate of drug-likeness (QED) is 0.354. The maximum absolute atomic E-state index is 8.97. The fraction of sp³-hybridized carbons (Fsp3) is 0.769. The van der Waals surface area contributed by atoms with Crippen molar-refractivity contribution >= 4 is 17.6 Å². The van der Waals surface area contributed by atoms with E-state index in [9.17, 15) is 0 Å². The number of oxime groups is 1. The Hall–Kier alpha value is -1.28. The lowest BCUT2D eigenvalue weighted by Gasteiger charge is -2.39. The lowest BCUT2D eigenvalue weighted by atomic mass is 9.94. The van der Waals surface area contributed by atoms with E-state index in [1.165, 1.54) is 0 Å². The van der Waals surface area contributed by atoms with Crippen LogP contribution in [0.2, 0.25) is 0 Å². The maximum atomic E-state index is 8.97. The van der Waals surface area contributed by atoms with E-state index < -0.39 is 0 Å². The van der Waals surface area contributed by atoms with Crippen LogP contribution in [0.25, 0.3) is 0 Å². The number of thioether (sulfide) groups is 1. The minimum atomic E-state index is -0.234. The van der Waals surface area contributed by atoms with E-state index in [0.29, 0.717) is 5.84 Å². The average Bonchev–Trinajstić information content (AvgIpc) is 2.95. The first-order valence-electron chi connectivity index (χ1n) is 7.27. The van der Waals surface area contributed by atoms with Crippen molar-refractivity contribution in [3.05, 3.63) is 12.2 Å². The summed E-state index contributed by atoms with van der Waals surface area (Å²) >= 11 is 1.67. The molecule has 7 nitrogen and oxygen atoms in total. The third-order valence-corrected chi connectivity index (χ3v) is 5.52. The number of hydrogen-bond acceptors (Lipinski definition) is 6. The van der Waals surface area contributed by atoms with Crippen LogP contribution in [0.1, 0.15) is 32.0 Å². The molecule has 21 heavy (non-hydrogen) atoms. The average molecular weight is 312 g/mol. The molecule has 2 heterocycles. The van der Waals surface area contributed by atoms with Gasteiger partial charge in [-0.15, -0.1) is 0 Å². The van der Waals surface area contributed by atoms with Crippen LogP contribution in [0.3, 0.4) is 0 Å². The van der Waals surface area contributed by atoms with E-state index in [-0.39, 0.29) is 4.75 Å². The summed E-state index contributed by atoms with van der Waals surface area (Å²) in [5.74, 6) is 1.35. The van der Waals surface area contributed by atoms with Crippen molar-refractivity contribution in [3.63, 3.8) is 0 Å². The Labute approximate surface area is 129 Å². The van der Waals surface area contributed by atoms with Crippen LogP contribution in [0.15, 0.2) is 11.5 Å². The second kappa shape index (κ2) is 7.13. The van der Waals surface area contributed by atoms with Gasteiger partial charge in [0.05, 0.1) is 11.3 Å². The highest BCUT2D eigenvalue weighted by Crippen LogP contribution is 2.35. The summed E-state index contributed by atoms with van der Waals surface area (Å²) in [5, 5.41) is 16.4. The van der Waals surface area contributed by atoms with Gasteiger partial charge in [-0.25, -0.2) is 9.67 Å². The molecule has 0 unspecified atom stereocenters. The number of hydrogen-bond donors (Lipinski definition) is 2. The molecule has 118 valence electrons. The summed E-state index contributed by atoms with van der Waals surface area (Å²) < 4.78 is 1.74. The topological polar surface area (TPSA) is 92.6 Å². The number of nitrogens with zero attached hydrogens (tertiary/aromatic N) is 5. The van der Waals surface area contributed by atoms with E-state index in [4.69, 9.17) is 10.9 Å². The van der Waals surface area contributed by atoms with Gasteiger partial charge in [0.25, 0.3) is 0 Å². The summed E-state index contributed by atoms with van der Waals surface area (Å²) in [6.45, 7) is 5.67. The molecule has 1 aliphatic rings. The summed E-state index contributed by atoms with van der Waals surface area (Å²) in [4.78, 5) is 6.71. The van der Waals surface area contributed by atoms with E-state index in [1.54, 1.807) is 18.1 Å². The molecule has 0 aliphatic carbocycles. The predicted octanol–water partition coefficient (Wildman–Crippen LogP) is 1.13. The molecule has 0 saturated carbocycles. The summed E-state index contributed by atoms with van der Waals surface area (Å²) in [6.07, 6.45) is 6.45. The van der Waals surface area contributed by atoms with E-state index in [1.807, 2.05) is 10.9 Å². The summed E-state index contributed by atoms with van der Waals surface area (Å²) in [7, 11) is 0. The first-order valence-corrected chi connectivity index (χ1v) is 8.50. The number of piperidine rings is 1. The number of likely N-dealkylation sites (tertiary alicyclic amines) is 1. The van der Waals surface area contributed by atoms with Crippen LogP contribution in [0.4, 0.5) is 0 Å². The Bertz CT molecular complexity index is 481. The molecule has 0 spiro atoms. The highest BCUT2D eigenvalue weighted by molar-refractivity contribution is 8.00. The highest BCUT2D eigenvalue weighted by atomic mass is 32.2. The van der Waals surface area contributed by atoms with Gasteiger partial charge in [0, 0.05) is 19.6 Å². The number of rotatable bonds is 6. The molecule has 0 amide bonds. The molecular weight excluding hydrogens is 288 g/mol. The van der Waals surface area contributed by atoms with Crippen molar-refractivity contribution in [2.24, 2.45) is 10.9 Å². The first kappa shape index (κ1) is 16.1. The Morgan fingerprint density at radius 2 is 2.24 bits per heavy atom. The molecule has 1 aromatic heterocycles. The SMILES string of the molecule is CCCn1ncnc1CN1CCC(SC)(C(N)=NO)CC1. The summed E-state index contributed by atoms with van der Waals surface area (Å²) in [5.41, 5.74) is 5.87. The molecule has 1 aromatic rings. The van der Waals surface area contributed by atoms with E-state index >= 15 is 0 Å². The number of aryl methyl sites for hydroxylation is 1. The highest BCUT2D eigenvalue weighted by Gasteiger charge is 2.38. The van der Waals surface area contributed by atoms with Gasteiger partial charge in [0.1, 0.15) is 12.2 Å². The van der Waals surface area contributed by atoms with Crippen LogP contribution < -0.4 is 5.73 Å². The zero-order valence-corrected chi connectivity index (χ0v) is 13.5. The standard InChI is InChI=1S/C13H24N6OS/c1-3-6-19-11(15-10-16-19)9-18-7-4-13(21-2,5-8-18)12(14)17-20/h10,20H,3-9H2,1-2H3,(H2,14,17). The van der Waals surface area contributed by atoms with E-state index in [0.717, 1.165) is 51.3 Å². The third kappa shape index (κ3) is 3.49. The minimum absolute atomic E-state index is 0.234. The first-order chi connectivity index (χ1) is 10.1. The molecule has 1 saturated heterocycles. The minimum Gasteiger partial charge on any atom is -0.409 e. The summed E-state index contributed by atoms with van der Waals surface area (Å²) in [6, 6.07) is 0.